The number of rotatable bonds is 6. The zero-order valence-corrected chi connectivity index (χ0v) is 13.9. The minimum absolute atomic E-state index is 0.162. The minimum atomic E-state index is -1.65. The third-order valence-corrected chi connectivity index (χ3v) is 3.03. The van der Waals surface area contributed by atoms with Gasteiger partial charge in [0, 0.05) is 12.6 Å². The molecule has 0 aliphatic carbocycles. The molecule has 2 atom stereocenters. The molecule has 0 saturated carbocycles. The Hall–Kier alpha value is -2.72. The Morgan fingerprint density at radius 1 is 1.40 bits per heavy atom. The fourth-order valence-corrected chi connectivity index (χ4v) is 1.90. The van der Waals surface area contributed by atoms with Crippen molar-refractivity contribution in [2.45, 2.75) is 38.6 Å². The number of aromatic hydroxyl groups is 1. The number of ether oxygens (including phenoxy) is 1. The average Bonchev–Trinajstić information content (AvgIpc) is 2.50. The number of benzene rings is 1. The van der Waals surface area contributed by atoms with Crippen molar-refractivity contribution < 1.29 is 34.6 Å². The summed E-state index contributed by atoms with van der Waals surface area (Å²) in [5.74, 6) is -0.836. The molecule has 4 N–H and O–H groups in total. The van der Waals surface area contributed by atoms with E-state index in [1.165, 1.54) is 0 Å². The number of carbonyl (C=O) groups excluding carboxylic acids is 2. The Morgan fingerprint density at radius 3 is 2.48 bits per heavy atom. The second-order valence-electron chi connectivity index (χ2n) is 6.25. The summed E-state index contributed by atoms with van der Waals surface area (Å²) in [5, 5.41) is 42.8. The number of hydrogen-bond donors (Lipinski definition) is 4. The lowest BCUT2D eigenvalue weighted by Gasteiger charge is -2.22. The van der Waals surface area contributed by atoms with Crippen LogP contribution in [0, 0.1) is 10.1 Å². The average molecular weight is 356 g/mol. The van der Waals surface area contributed by atoms with Gasteiger partial charge in [-0.05, 0) is 32.4 Å². The molecule has 0 aliphatic heterocycles. The minimum Gasteiger partial charge on any atom is -0.502 e. The number of nitrogens with one attached hydrogen (secondary N) is 1. The van der Waals surface area contributed by atoms with E-state index in [0.29, 0.717) is 0 Å². The number of carbonyl (C=O) groups is 2. The lowest BCUT2D eigenvalue weighted by Crippen LogP contribution is -2.38. The SMILES string of the molecule is CC(C)(C)OC(=O)NCC(O)C(O)c1cc(C=O)c(O)c([N+](=O)[O-])c1. The number of nitrogens with zero attached hydrogens (tertiary/aromatic N) is 1. The van der Waals surface area contributed by atoms with Crippen molar-refractivity contribution in [3.63, 3.8) is 0 Å². The number of phenolic OH excluding ortho intramolecular Hbond substituents is 1. The quantitative estimate of drug-likeness (QED) is 0.334. The van der Waals surface area contributed by atoms with Crippen molar-refractivity contribution in [1.82, 2.24) is 5.32 Å². The van der Waals surface area contributed by atoms with Gasteiger partial charge < -0.3 is 25.4 Å². The molecule has 0 fully saturated rings. The molecule has 1 aromatic carbocycles. The van der Waals surface area contributed by atoms with E-state index in [4.69, 9.17) is 4.74 Å². The Morgan fingerprint density at radius 2 is 2.00 bits per heavy atom. The second-order valence-corrected chi connectivity index (χ2v) is 6.25. The lowest BCUT2D eigenvalue weighted by atomic mass is 10.0. The molecule has 1 amide bonds. The molecule has 0 aromatic heterocycles. The van der Waals surface area contributed by atoms with Crippen LogP contribution in [0.3, 0.4) is 0 Å². The summed E-state index contributed by atoms with van der Waals surface area (Å²) in [4.78, 5) is 32.4. The number of aliphatic hydroxyl groups is 2. The number of hydrogen-bond acceptors (Lipinski definition) is 8. The predicted octanol–water partition coefficient (Wildman–Crippen LogP) is 1.03. The van der Waals surface area contributed by atoms with Crippen LogP contribution in [0.1, 0.15) is 42.8 Å². The van der Waals surface area contributed by atoms with E-state index >= 15 is 0 Å². The van der Waals surface area contributed by atoms with E-state index in [0.717, 1.165) is 12.1 Å². The predicted molar refractivity (Wildman–Crippen MR) is 85.4 cm³/mol. The van der Waals surface area contributed by atoms with Crippen molar-refractivity contribution in [2.75, 3.05) is 6.54 Å². The molecular weight excluding hydrogens is 336 g/mol. The van der Waals surface area contributed by atoms with Gasteiger partial charge in [0.15, 0.2) is 6.29 Å². The third kappa shape index (κ3) is 5.69. The van der Waals surface area contributed by atoms with Crippen LogP contribution in [0.15, 0.2) is 12.1 Å². The van der Waals surface area contributed by atoms with E-state index in [1.54, 1.807) is 20.8 Å². The standard InChI is InChI=1S/C15H20N2O8/c1-15(2,3)25-14(22)16-6-11(19)13(21)8-4-9(7-18)12(20)10(5-8)17(23)24/h4-5,7,11,13,19-21H,6H2,1-3H3,(H,16,22). The first-order valence-corrected chi connectivity index (χ1v) is 7.25. The topological polar surface area (TPSA) is 159 Å². The Kier molecular flexibility index (Phi) is 6.42. The van der Waals surface area contributed by atoms with Gasteiger partial charge in [-0.3, -0.25) is 14.9 Å². The van der Waals surface area contributed by atoms with Gasteiger partial charge in [0.05, 0.1) is 10.5 Å². The van der Waals surface area contributed by atoms with Gasteiger partial charge in [0.25, 0.3) is 0 Å². The first-order valence-electron chi connectivity index (χ1n) is 7.25. The van der Waals surface area contributed by atoms with E-state index in [-0.39, 0.29) is 11.8 Å². The molecule has 25 heavy (non-hydrogen) atoms. The summed E-state index contributed by atoms with van der Waals surface area (Å²) in [6.45, 7) is 4.54. The van der Waals surface area contributed by atoms with Crippen LogP contribution >= 0.6 is 0 Å². The van der Waals surface area contributed by atoms with Gasteiger partial charge in [0.1, 0.15) is 17.8 Å². The van der Waals surface area contributed by atoms with Crippen LogP contribution < -0.4 is 5.32 Å². The summed E-state index contributed by atoms with van der Waals surface area (Å²) in [5.41, 5.74) is -2.10. The first-order chi connectivity index (χ1) is 11.5. The van der Waals surface area contributed by atoms with Crippen LogP contribution in [0.2, 0.25) is 0 Å². The summed E-state index contributed by atoms with van der Waals surface area (Å²) >= 11 is 0. The molecule has 0 bridgehead atoms. The van der Waals surface area contributed by atoms with Crippen LogP contribution in [-0.2, 0) is 4.74 Å². The van der Waals surface area contributed by atoms with Gasteiger partial charge in [0.2, 0.25) is 5.75 Å². The van der Waals surface area contributed by atoms with Crippen LogP contribution in [0.5, 0.6) is 5.75 Å². The van der Waals surface area contributed by atoms with Crippen molar-refractivity contribution in [3.8, 4) is 5.75 Å². The monoisotopic (exact) mass is 356 g/mol. The van der Waals surface area contributed by atoms with Crippen molar-refractivity contribution >= 4 is 18.1 Å². The van der Waals surface area contributed by atoms with E-state index in [2.05, 4.69) is 5.32 Å². The van der Waals surface area contributed by atoms with E-state index in [9.17, 15) is 35.0 Å². The summed E-state index contributed by atoms with van der Waals surface area (Å²) in [7, 11) is 0. The number of nitro benzene ring substituents is 1. The number of aldehydes is 1. The maximum Gasteiger partial charge on any atom is 0.407 e. The zero-order valence-electron chi connectivity index (χ0n) is 13.9. The van der Waals surface area contributed by atoms with E-state index < -0.39 is 52.4 Å². The molecule has 0 spiro atoms. The van der Waals surface area contributed by atoms with E-state index in [1.807, 2.05) is 0 Å². The molecule has 10 heteroatoms. The summed E-state index contributed by atoms with van der Waals surface area (Å²) in [6.07, 6.45) is -3.81. The number of alkyl carbamates (subject to hydrolysis) is 1. The van der Waals surface area contributed by atoms with Gasteiger partial charge in [-0.25, -0.2) is 4.79 Å². The van der Waals surface area contributed by atoms with Crippen molar-refractivity contribution in [2.24, 2.45) is 0 Å². The zero-order chi connectivity index (χ0) is 19.4. The maximum atomic E-state index is 11.5. The number of nitro groups is 1. The second kappa shape index (κ2) is 7.90. The smallest absolute Gasteiger partial charge is 0.407 e. The largest absolute Gasteiger partial charge is 0.502 e. The number of aliphatic hydroxyl groups excluding tert-OH is 2. The molecule has 138 valence electrons. The van der Waals surface area contributed by atoms with Crippen LogP contribution in [-0.4, -0.2) is 50.9 Å². The molecule has 0 heterocycles. The van der Waals surface area contributed by atoms with Crippen LogP contribution in [0.25, 0.3) is 0 Å². The Labute approximate surface area is 143 Å². The molecular formula is C15H20N2O8. The third-order valence-electron chi connectivity index (χ3n) is 3.03. The molecule has 10 nitrogen and oxygen atoms in total. The highest BCUT2D eigenvalue weighted by atomic mass is 16.6. The van der Waals surface area contributed by atoms with Gasteiger partial charge in [-0.1, -0.05) is 0 Å². The molecule has 0 radical (unpaired) electrons. The highest BCUT2D eigenvalue weighted by Crippen LogP contribution is 2.33. The fraction of sp³-hybridized carbons (Fsp3) is 0.467. The number of amides is 1. The normalized spacial score (nSPS) is 13.6. The highest BCUT2D eigenvalue weighted by molar-refractivity contribution is 5.82. The molecule has 2 unspecified atom stereocenters. The molecule has 0 saturated heterocycles. The van der Waals surface area contributed by atoms with Gasteiger partial charge in [-0.15, -0.1) is 0 Å². The summed E-state index contributed by atoms with van der Waals surface area (Å²) in [6, 6.07) is 1.85. The highest BCUT2D eigenvalue weighted by Gasteiger charge is 2.26. The first kappa shape index (κ1) is 20.3. The maximum absolute atomic E-state index is 11.5. The fourth-order valence-electron chi connectivity index (χ4n) is 1.90. The molecule has 1 rings (SSSR count). The van der Waals surface area contributed by atoms with Gasteiger partial charge in [-0.2, -0.15) is 0 Å². The van der Waals surface area contributed by atoms with Crippen molar-refractivity contribution in [3.05, 3.63) is 33.4 Å². The number of phenols is 1. The molecule has 1 aromatic rings. The van der Waals surface area contributed by atoms with Crippen molar-refractivity contribution in [1.29, 1.82) is 0 Å². The summed E-state index contributed by atoms with van der Waals surface area (Å²) < 4.78 is 4.96. The van der Waals surface area contributed by atoms with Crippen LogP contribution in [0.4, 0.5) is 10.5 Å². The van der Waals surface area contributed by atoms with Gasteiger partial charge >= 0.3 is 11.8 Å². The Balaban J connectivity index is 2.90. The Bertz CT molecular complexity index is 668. The lowest BCUT2D eigenvalue weighted by molar-refractivity contribution is -0.386. The molecule has 0 aliphatic rings.